The highest BCUT2D eigenvalue weighted by Crippen LogP contribution is 2.34. The Hall–Kier alpha value is -3.62. The summed E-state index contributed by atoms with van der Waals surface area (Å²) in [4.78, 5) is 16.7. The number of nitrogens with zero attached hydrogens (tertiary/aromatic N) is 3. The molecule has 0 spiro atoms. The minimum atomic E-state index is -0.453. The van der Waals surface area contributed by atoms with Crippen LogP contribution in [0.3, 0.4) is 0 Å². The first-order valence-electron chi connectivity index (χ1n) is 8.73. The molecule has 1 heterocycles. The van der Waals surface area contributed by atoms with Gasteiger partial charge < -0.3 is 19.5 Å². The summed E-state index contributed by atoms with van der Waals surface area (Å²) in [5, 5.41) is 6.99. The van der Waals surface area contributed by atoms with Crippen LogP contribution in [0.4, 0.5) is 4.39 Å². The number of hydrogen-bond donors (Lipinski definition) is 1. The number of aryl methyl sites for hydroxylation is 1. The molecule has 3 rings (SSSR count). The molecule has 0 atom stereocenters. The Labute approximate surface area is 167 Å². The minimum Gasteiger partial charge on any atom is -0.496 e. The van der Waals surface area contributed by atoms with E-state index in [-0.39, 0.29) is 18.2 Å². The first kappa shape index (κ1) is 20.1. The van der Waals surface area contributed by atoms with Gasteiger partial charge in [0.15, 0.2) is 11.5 Å². The van der Waals surface area contributed by atoms with E-state index in [2.05, 4.69) is 15.4 Å². The summed E-state index contributed by atoms with van der Waals surface area (Å²) >= 11 is 0. The van der Waals surface area contributed by atoms with Crippen LogP contribution in [0.5, 0.6) is 17.2 Å². The zero-order valence-electron chi connectivity index (χ0n) is 16.5. The fraction of sp³-hybridized carbons (Fsp3) is 0.250. The van der Waals surface area contributed by atoms with Crippen molar-refractivity contribution >= 4 is 5.91 Å². The van der Waals surface area contributed by atoms with Crippen molar-refractivity contribution in [1.82, 2.24) is 20.1 Å². The van der Waals surface area contributed by atoms with Gasteiger partial charge in [0.05, 0.1) is 27.0 Å². The van der Waals surface area contributed by atoms with Gasteiger partial charge in [-0.05, 0) is 37.3 Å². The first-order valence-corrected chi connectivity index (χ1v) is 8.73. The Morgan fingerprint density at radius 2 is 1.66 bits per heavy atom. The van der Waals surface area contributed by atoms with Gasteiger partial charge in [0.2, 0.25) is 5.82 Å². The highest BCUT2D eigenvalue weighted by Gasteiger charge is 2.17. The second-order valence-electron chi connectivity index (χ2n) is 6.07. The highest BCUT2D eigenvalue weighted by atomic mass is 19.1. The molecule has 2 aromatic carbocycles. The van der Waals surface area contributed by atoms with Gasteiger partial charge in [-0.25, -0.2) is 14.1 Å². The van der Waals surface area contributed by atoms with Crippen LogP contribution in [-0.4, -0.2) is 42.0 Å². The third-order valence-electron chi connectivity index (χ3n) is 4.27. The van der Waals surface area contributed by atoms with Gasteiger partial charge in [-0.3, -0.25) is 4.79 Å². The molecule has 152 valence electrons. The van der Waals surface area contributed by atoms with Crippen LogP contribution in [0, 0.1) is 12.7 Å². The maximum absolute atomic E-state index is 13.1. The lowest BCUT2D eigenvalue weighted by Gasteiger charge is -2.14. The summed E-state index contributed by atoms with van der Waals surface area (Å²) in [7, 11) is 4.59. The lowest BCUT2D eigenvalue weighted by molar-refractivity contribution is 0.0940. The second-order valence-corrected chi connectivity index (χ2v) is 6.07. The molecule has 29 heavy (non-hydrogen) atoms. The molecular formula is C20H21FN4O4. The molecule has 1 aromatic heterocycles. The quantitative estimate of drug-likeness (QED) is 0.656. The number of hydrogen-bond acceptors (Lipinski definition) is 6. The summed E-state index contributed by atoms with van der Waals surface area (Å²) in [5.41, 5.74) is 1.31. The van der Waals surface area contributed by atoms with Crippen LogP contribution >= 0.6 is 0 Å². The number of carbonyl (C=O) groups excluding carboxylic acids is 1. The Morgan fingerprint density at radius 3 is 2.28 bits per heavy atom. The van der Waals surface area contributed by atoms with Crippen LogP contribution in [0.25, 0.3) is 5.69 Å². The predicted molar refractivity (Wildman–Crippen MR) is 103 cm³/mol. The van der Waals surface area contributed by atoms with E-state index >= 15 is 0 Å². The fourth-order valence-electron chi connectivity index (χ4n) is 2.80. The van der Waals surface area contributed by atoms with Gasteiger partial charge in [0, 0.05) is 18.2 Å². The molecule has 0 aliphatic heterocycles. The number of methoxy groups -OCH3 is 3. The van der Waals surface area contributed by atoms with E-state index in [0.717, 1.165) is 0 Å². The molecule has 3 aromatic rings. The molecule has 0 bridgehead atoms. The summed E-state index contributed by atoms with van der Waals surface area (Å²) in [6.45, 7) is 1.89. The number of amides is 1. The SMILES string of the molecule is COc1cc(OC)c(OC)cc1CNC(=O)c1nc(C)n(-c2ccc(F)cc2)n1. The van der Waals surface area contributed by atoms with Crippen molar-refractivity contribution < 1.29 is 23.4 Å². The van der Waals surface area contributed by atoms with Crippen LogP contribution in [0.15, 0.2) is 36.4 Å². The van der Waals surface area contributed by atoms with E-state index in [0.29, 0.717) is 34.3 Å². The molecule has 8 nitrogen and oxygen atoms in total. The second kappa shape index (κ2) is 8.59. The highest BCUT2D eigenvalue weighted by molar-refractivity contribution is 5.90. The van der Waals surface area contributed by atoms with Crippen molar-refractivity contribution in [1.29, 1.82) is 0 Å². The van der Waals surface area contributed by atoms with Crippen molar-refractivity contribution in [3.05, 3.63) is 59.4 Å². The van der Waals surface area contributed by atoms with Crippen molar-refractivity contribution in [2.75, 3.05) is 21.3 Å². The molecule has 0 fully saturated rings. The average molecular weight is 400 g/mol. The van der Waals surface area contributed by atoms with Gasteiger partial charge in [-0.1, -0.05) is 0 Å². The lowest BCUT2D eigenvalue weighted by atomic mass is 10.1. The molecule has 0 unspecified atom stereocenters. The average Bonchev–Trinajstić information content (AvgIpc) is 3.13. The Morgan fingerprint density at radius 1 is 1.03 bits per heavy atom. The summed E-state index contributed by atoms with van der Waals surface area (Å²) in [6, 6.07) is 9.18. The van der Waals surface area contributed by atoms with Crippen molar-refractivity contribution in [2.24, 2.45) is 0 Å². The minimum absolute atomic E-state index is 0.00580. The van der Waals surface area contributed by atoms with Gasteiger partial charge in [0.1, 0.15) is 17.4 Å². The smallest absolute Gasteiger partial charge is 0.291 e. The molecular weight excluding hydrogens is 379 g/mol. The summed E-state index contributed by atoms with van der Waals surface area (Å²) in [5.74, 6) is 1.29. The van der Waals surface area contributed by atoms with Crippen molar-refractivity contribution in [3.63, 3.8) is 0 Å². The van der Waals surface area contributed by atoms with Crippen molar-refractivity contribution in [3.8, 4) is 22.9 Å². The zero-order chi connectivity index (χ0) is 21.0. The van der Waals surface area contributed by atoms with E-state index in [4.69, 9.17) is 14.2 Å². The van der Waals surface area contributed by atoms with E-state index in [1.54, 1.807) is 31.2 Å². The molecule has 0 saturated carbocycles. The largest absolute Gasteiger partial charge is 0.496 e. The maximum Gasteiger partial charge on any atom is 0.291 e. The molecule has 0 aliphatic carbocycles. The number of halogens is 1. The van der Waals surface area contributed by atoms with E-state index in [1.165, 1.54) is 38.1 Å². The molecule has 0 saturated heterocycles. The van der Waals surface area contributed by atoms with E-state index < -0.39 is 5.91 Å². The van der Waals surface area contributed by atoms with Crippen LogP contribution in [-0.2, 0) is 6.54 Å². The Kier molecular flexibility index (Phi) is 5.96. The number of rotatable bonds is 7. The van der Waals surface area contributed by atoms with Gasteiger partial charge in [-0.15, -0.1) is 5.10 Å². The molecule has 0 aliphatic rings. The number of carbonyl (C=O) groups is 1. The zero-order valence-corrected chi connectivity index (χ0v) is 16.5. The third kappa shape index (κ3) is 4.29. The number of nitrogens with one attached hydrogen (secondary N) is 1. The fourth-order valence-corrected chi connectivity index (χ4v) is 2.80. The monoisotopic (exact) mass is 400 g/mol. The van der Waals surface area contributed by atoms with Gasteiger partial charge in [0.25, 0.3) is 5.91 Å². The molecule has 1 N–H and O–H groups in total. The standard InChI is InChI=1S/C20H21FN4O4/c1-12-23-19(24-25(12)15-7-5-14(21)6-8-15)20(26)22-11-13-9-17(28-3)18(29-4)10-16(13)27-2/h5-10H,11H2,1-4H3,(H,22,26). The number of benzene rings is 2. The first-order chi connectivity index (χ1) is 14.0. The molecule has 0 radical (unpaired) electrons. The topological polar surface area (TPSA) is 87.5 Å². The van der Waals surface area contributed by atoms with Crippen LogP contribution in [0.2, 0.25) is 0 Å². The number of aromatic nitrogens is 3. The van der Waals surface area contributed by atoms with E-state index in [9.17, 15) is 9.18 Å². The maximum atomic E-state index is 13.1. The molecule has 1 amide bonds. The molecule has 9 heteroatoms. The van der Waals surface area contributed by atoms with E-state index in [1.807, 2.05) is 0 Å². The number of ether oxygens (including phenoxy) is 3. The third-order valence-corrected chi connectivity index (χ3v) is 4.27. The van der Waals surface area contributed by atoms with Gasteiger partial charge >= 0.3 is 0 Å². The predicted octanol–water partition coefficient (Wildman–Crippen LogP) is 2.67. The normalized spacial score (nSPS) is 10.5. The summed E-state index contributed by atoms with van der Waals surface area (Å²) in [6.07, 6.45) is 0. The summed E-state index contributed by atoms with van der Waals surface area (Å²) < 4.78 is 30.5. The van der Waals surface area contributed by atoms with Gasteiger partial charge in [-0.2, -0.15) is 0 Å². The van der Waals surface area contributed by atoms with Crippen LogP contribution in [0.1, 0.15) is 22.0 Å². The van der Waals surface area contributed by atoms with Crippen molar-refractivity contribution in [2.45, 2.75) is 13.5 Å². The Balaban J connectivity index is 1.78. The Bertz CT molecular complexity index is 1020. The lowest BCUT2D eigenvalue weighted by Crippen LogP contribution is -2.24. The van der Waals surface area contributed by atoms with Crippen LogP contribution < -0.4 is 19.5 Å².